The Morgan fingerprint density at radius 1 is 0.283 bits per heavy atom. The van der Waals surface area contributed by atoms with E-state index >= 15 is 0 Å². The molecular weight excluding hydrogens is 643 g/mol. The van der Waals surface area contributed by atoms with Crippen LogP contribution in [0.15, 0.2) is 176 Å². The number of fused-ring (bicyclic) bond motifs is 12. The average Bonchev–Trinajstić information content (AvgIpc) is 3.22. The molecule has 0 unspecified atom stereocenters. The third-order valence-electron chi connectivity index (χ3n) is 11.5. The molecule has 3 heteroatoms. The van der Waals surface area contributed by atoms with E-state index in [1.54, 1.807) is 0 Å². The molecule has 53 heavy (non-hydrogen) atoms. The molecule has 0 spiro atoms. The highest BCUT2D eigenvalue weighted by atomic mass is 16.5. The van der Waals surface area contributed by atoms with E-state index in [-0.39, 0.29) is 6.71 Å². The molecule has 244 valence electrons. The van der Waals surface area contributed by atoms with Gasteiger partial charge in [-0.3, -0.25) is 0 Å². The maximum absolute atomic E-state index is 6.85. The van der Waals surface area contributed by atoms with Crippen LogP contribution in [0.2, 0.25) is 0 Å². The normalized spacial score (nSPS) is 12.8. The van der Waals surface area contributed by atoms with Gasteiger partial charge in [0.15, 0.2) is 0 Å². The maximum atomic E-state index is 6.85. The lowest BCUT2D eigenvalue weighted by Crippen LogP contribution is -2.57. The van der Waals surface area contributed by atoms with Gasteiger partial charge in [-0.25, -0.2) is 0 Å². The van der Waals surface area contributed by atoms with Crippen LogP contribution in [0.25, 0.3) is 76.1 Å². The number of ether oxygens (including phenoxy) is 2. The SMILES string of the molecule is c1ccc(-c2c3ccccc3c(-c3ccc4c(c3)Oc3cccc5c3B4c3cc4c6ccccc6c6ccccc6c4cc3O5)c3ccccc23)cc1. The van der Waals surface area contributed by atoms with E-state index in [0.29, 0.717) is 0 Å². The number of hydrogen-bond acceptors (Lipinski definition) is 2. The molecule has 0 aliphatic carbocycles. The summed E-state index contributed by atoms with van der Waals surface area (Å²) in [6, 6.07) is 63.6. The van der Waals surface area contributed by atoms with Crippen LogP contribution in [0.1, 0.15) is 0 Å². The highest BCUT2D eigenvalue weighted by molar-refractivity contribution is 6.98. The van der Waals surface area contributed by atoms with Gasteiger partial charge < -0.3 is 9.47 Å². The molecule has 0 atom stereocenters. The van der Waals surface area contributed by atoms with E-state index in [4.69, 9.17) is 9.47 Å². The minimum Gasteiger partial charge on any atom is -0.458 e. The number of hydrogen-bond donors (Lipinski definition) is 0. The Kier molecular flexibility index (Phi) is 5.89. The van der Waals surface area contributed by atoms with Crippen molar-refractivity contribution in [1.82, 2.24) is 0 Å². The Balaban J connectivity index is 1.11. The third-order valence-corrected chi connectivity index (χ3v) is 11.5. The van der Waals surface area contributed by atoms with Crippen LogP contribution in [0.4, 0.5) is 0 Å². The lowest BCUT2D eigenvalue weighted by atomic mass is 9.34. The van der Waals surface area contributed by atoms with E-state index in [0.717, 1.165) is 39.5 Å². The fourth-order valence-electron chi connectivity index (χ4n) is 9.34. The van der Waals surface area contributed by atoms with Crippen molar-refractivity contribution in [3.8, 4) is 45.3 Å². The monoisotopic (exact) mass is 672 g/mol. The molecule has 0 aromatic heterocycles. The van der Waals surface area contributed by atoms with Crippen molar-refractivity contribution in [3.63, 3.8) is 0 Å². The molecular formula is C50H29BO2. The standard InChI is InChI=1S/C50H29BO2/c1-2-13-30(14-3-1)48-36-19-8-10-21-38(36)49(39-22-11-9-20-37(39)48)31-25-26-42-46(27-31)52-44-23-12-24-45-50(44)51(42)43-28-40-34-17-6-4-15-32(34)33-16-5-7-18-35(33)41(40)29-47(43)53-45/h1-29H. The highest BCUT2D eigenvalue weighted by Gasteiger charge is 2.40. The minimum absolute atomic E-state index is 0.0358. The third kappa shape index (κ3) is 4.05. The van der Waals surface area contributed by atoms with E-state index in [1.165, 1.54) is 76.0 Å². The van der Waals surface area contributed by atoms with Gasteiger partial charge in [-0.15, -0.1) is 0 Å². The van der Waals surface area contributed by atoms with Crippen molar-refractivity contribution in [2.45, 2.75) is 0 Å². The zero-order chi connectivity index (χ0) is 34.6. The molecule has 10 aromatic carbocycles. The average molecular weight is 673 g/mol. The van der Waals surface area contributed by atoms with Crippen molar-refractivity contribution in [1.29, 1.82) is 0 Å². The van der Waals surface area contributed by atoms with Gasteiger partial charge in [0.2, 0.25) is 0 Å². The molecule has 2 aliphatic rings. The second-order valence-corrected chi connectivity index (χ2v) is 14.3. The summed E-state index contributed by atoms with van der Waals surface area (Å²) in [4.78, 5) is 0. The summed E-state index contributed by atoms with van der Waals surface area (Å²) in [5.41, 5.74) is 8.25. The van der Waals surface area contributed by atoms with E-state index in [2.05, 4.69) is 170 Å². The lowest BCUT2D eigenvalue weighted by molar-refractivity contribution is 0.465. The fraction of sp³-hybridized carbons (Fsp3) is 0. The van der Waals surface area contributed by atoms with Gasteiger partial charge in [-0.1, -0.05) is 152 Å². The molecule has 0 saturated carbocycles. The van der Waals surface area contributed by atoms with Crippen LogP contribution in [-0.2, 0) is 0 Å². The van der Waals surface area contributed by atoms with Crippen LogP contribution in [0, 0.1) is 0 Å². The van der Waals surface area contributed by atoms with Gasteiger partial charge in [-0.2, -0.15) is 0 Å². The highest BCUT2D eigenvalue weighted by Crippen LogP contribution is 2.45. The van der Waals surface area contributed by atoms with Gasteiger partial charge >= 0.3 is 0 Å². The zero-order valence-electron chi connectivity index (χ0n) is 28.6. The lowest BCUT2D eigenvalue weighted by Gasteiger charge is -2.33. The molecule has 0 amide bonds. The predicted octanol–water partition coefficient (Wildman–Crippen LogP) is 11.5. The minimum atomic E-state index is -0.0358. The number of rotatable bonds is 2. The van der Waals surface area contributed by atoms with Crippen molar-refractivity contribution >= 4 is 77.0 Å². The van der Waals surface area contributed by atoms with Crippen LogP contribution in [0.5, 0.6) is 23.0 Å². The molecule has 2 heterocycles. The summed E-state index contributed by atoms with van der Waals surface area (Å²) in [7, 11) is 0. The molecule has 2 nitrogen and oxygen atoms in total. The molecule has 0 radical (unpaired) electrons. The maximum Gasteiger partial charge on any atom is 0.260 e. The largest absolute Gasteiger partial charge is 0.458 e. The Labute approximate surface area is 306 Å². The van der Waals surface area contributed by atoms with Gasteiger partial charge in [0.05, 0.1) is 0 Å². The Hall–Kier alpha value is -6.84. The van der Waals surface area contributed by atoms with Crippen LogP contribution in [-0.4, -0.2) is 6.71 Å². The van der Waals surface area contributed by atoms with Crippen LogP contribution < -0.4 is 25.9 Å². The predicted molar refractivity (Wildman–Crippen MR) is 223 cm³/mol. The summed E-state index contributed by atoms with van der Waals surface area (Å²) in [5, 5.41) is 12.4. The Morgan fingerprint density at radius 2 is 0.736 bits per heavy atom. The van der Waals surface area contributed by atoms with Gasteiger partial charge in [-0.05, 0) is 111 Å². The van der Waals surface area contributed by atoms with Crippen molar-refractivity contribution in [2.24, 2.45) is 0 Å². The first kappa shape index (κ1) is 28.8. The molecule has 10 aromatic rings. The molecule has 12 rings (SSSR count). The summed E-state index contributed by atoms with van der Waals surface area (Å²) in [6.07, 6.45) is 0. The van der Waals surface area contributed by atoms with Crippen LogP contribution >= 0.6 is 0 Å². The number of benzene rings is 10. The fourth-order valence-corrected chi connectivity index (χ4v) is 9.34. The first-order valence-corrected chi connectivity index (χ1v) is 18.3. The van der Waals surface area contributed by atoms with Gasteiger partial charge in [0.1, 0.15) is 23.0 Å². The van der Waals surface area contributed by atoms with Gasteiger partial charge in [0.25, 0.3) is 6.71 Å². The molecule has 0 saturated heterocycles. The first-order chi connectivity index (χ1) is 26.3. The molecule has 0 N–H and O–H groups in total. The van der Waals surface area contributed by atoms with Crippen LogP contribution in [0.3, 0.4) is 0 Å². The summed E-state index contributed by atoms with van der Waals surface area (Å²) < 4.78 is 13.6. The van der Waals surface area contributed by atoms with E-state index in [1.807, 2.05) is 6.07 Å². The van der Waals surface area contributed by atoms with E-state index in [9.17, 15) is 0 Å². The molecule has 0 bridgehead atoms. The topological polar surface area (TPSA) is 18.5 Å². The Bertz CT molecular complexity index is 3130. The van der Waals surface area contributed by atoms with Crippen molar-refractivity contribution in [2.75, 3.05) is 0 Å². The smallest absolute Gasteiger partial charge is 0.260 e. The molecule has 0 fully saturated rings. The Morgan fingerprint density at radius 3 is 1.30 bits per heavy atom. The summed E-state index contributed by atoms with van der Waals surface area (Å²) in [5.74, 6) is 3.49. The first-order valence-electron chi connectivity index (χ1n) is 18.3. The molecule has 2 aliphatic heterocycles. The second-order valence-electron chi connectivity index (χ2n) is 14.3. The van der Waals surface area contributed by atoms with E-state index < -0.39 is 0 Å². The van der Waals surface area contributed by atoms with Crippen molar-refractivity contribution < 1.29 is 9.47 Å². The summed E-state index contributed by atoms with van der Waals surface area (Å²) in [6.45, 7) is -0.0358. The summed E-state index contributed by atoms with van der Waals surface area (Å²) >= 11 is 0. The van der Waals surface area contributed by atoms with Gasteiger partial charge in [0, 0.05) is 5.46 Å². The zero-order valence-corrected chi connectivity index (χ0v) is 28.6. The quantitative estimate of drug-likeness (QED) is 0.103. The van der Waals surface area contributed by atoms with Crippen molar-refractivity contribution in [3.05, 3.63) is 176 Å². The second kappa shape index (κ2) is 10.8.